The van der Waals surface area contributed by atoms with Gasteiger partial charge in [-0.25, -0.2) is 0 Å². The molecule has 1 amide bonds. The summed E-state index contributed by atoms with van der Waals surface area (Å²) in [6, 6.07) is 4.96. The van der Waals surface area contributed by atoms with Gasteiger partial charge in [0.25, 0.3) is 0 Å². The van der Waals surface area contributed by atoms with Gasteiger partial charge in [0.05, 0.1) is 16.5 Å². The van der Waals surface area contributed by atoms with Gasteiger partial charge in [-0.05, 0) is 18.1 Å². The minimum Gasteiger partial charge on any atom is -0.481 e. The maximum Gasteiger partial charge on any atom is 0.305 e. The van der Waals surface area contributed by atoms with Crippen LogP contribution in [0.25, 0.3) is 0 Å². The normalized spacial score (nSPS) is 18.9. The average molecular weight is 302 g/mol. The Labute approximate surface area is 120 Å². The maximum absolute atomic E-state index is 11.8. The number of halogens is 2. The summed E-state index contributed by atoms with van der Waals surface area (Å²) in [5.74, 6) is -0.941. The monoisotopic (exact) mass is 301 g/mol. The molecule has 1 saturated heterocycles. The van der Waals surface area contributed by atoms with Crippen LogP contribution in [0.2, 0.25) is 10.0 Å². The van der Waals surface area contributed by atoms with Gasteiger partial charge in [0, 0.05) is 19.0 Å². The highest BCUT2D eigenvalue weighted by atomic mass is 35.5. The Morgan fingerprint density at radius 1 is 1.42 bits per heavy atom. The third-order valence-corrected chi connectivity index (χ3v) is 4.09. The standard InChI is InChI=1S/C13H13Cl2NO3/c14-10-3-1-2-8(13(10)15)7-16-9(6-12(18)19)4-5-11(16)17/h1-3,9H,4-7H2,(H,18,19). The van der Waals surface area contributed by atoms with Crippen LogP contribution >= 0.6 is 23.2 Å². The lowest BCUT2D eigenvalue weighted by atomic mass is 10.1. The molecular weight excluding hydrogens is 289 g/mol. The van der Waals surface area contributed by atoms with Gasteiger partial charge in [0.1, 0.15) is 0 Å². The maximum atomic E-state index is 11.8. The number of aliphatic carboxylic acids is 1. The Hall–Kier alpha value is -1.26. The van der Waals surface area contributed by atoms with Gasteiger partial charge < -0.3 is 10.0 Å². The lowest BCUT2D eigenvalue weighted by Gasteiger charge is -2.24. The number of rotatable bonds is 4. The number of benzene rings is 1. The highest BCUT2D eigenvalue weighted by Gasteiger charge is 2.32. The predicted molar refractivity (Wildman–Crippen MR) is 72.3 cm³/mol. The molecule has 1 unspecified atom stereocenters. The molecule has 1 aromatic carbocycles. The van der Waals surface area contributed by atoms with E-state index in [2.05, 4.69) is 0 Å². The molecule has 0 saturated carbocycles. The number of likely N-dealkylation sites (tertiary alicyclic amines) is 1. The fraction of sp³-hybridized carbons (Fsp3) is 0.385. The Morgan fingerprint density at radius 2 is 2.16 bits per heavy atom. The quantitative estimate of drug-likeness (QED) is 0.930. The zero-order chi connectivity index (χ0) is 14.0. The molecule has 1 fully saturated rings. The number of carboxylic acid groups (broad SMARTS) is 1. The van der Waals surface area contributed by atoms with Crippen LogP contribution in [0.5, 0.6) is 0 Å². The lowest BCUT2D eigenvalue weighted by molar-refractivity contribution is -0.139. The molecule has 0 bridgehead atoms. The van der Waals surface area contributed by atoms with Crippen LogP contribution in [0.1, 0.15) is 24.8 Å². The molecule has 0 aliphatic carbocycles. The van der Waals surface area contributed by atoms with Crippen molar-refractivity contribution in [2.24, 2.45) is 0 Å². The third kappa shape index (κ3) is 3.19. The van der Waals surface area contributed by atoms with E-state index < -0.39 is 5.97 Å². The first kappa shape index (κ1) is 14.2. The molecule has 0 aromatic heterocycles. The number of carboxylic acids is 1. The second kappa shape index (κ2) is 5.80. The molecule has 2 rings (SSSR count). The van der Waals surface area contributed by atoms with Gasteiger partial charge >= 0.3 is 5.97 Å². The highest BCUT2D eigenvalue weighted by Crippen LogP contribution is 2.30. The molecule has 0 spiro atoms. The molecule has 1 N–H and O–H groups in total. The molecule has 19 heavy (non-hydrogen) atoms. The van der Waals surface area contributed by atoms with Crippen molar-refractivity contribution in [3.8, 4) is 0 Å². The van der Waals surface area contributed by atoms with Crippen LogP contribution in [0.4, 0.5) is 0 Å². The van der Waals surface area contributed by atoms with E-state index in [1.807, 2.05) is 0 Å². The Bertz CT molecular complexity index is 519. The van der Waals surface area contributed by atoms with Crippen LogP contribution in [-0.4, -0.2) is 27.9 Å². The fourth-order valence-electron chi connectivity index (χ4n) is 2.28. The molecule has 1 atom stereocenters. The minimum absolute atomic E-state index is 0.0378. The van der Waals surface area contributed by atoms with E-state index in [0.717, 1.165) is 5.56 Å². The summed E-state index contributed by atoms with van der Waals surface area (Å²) in [7, 11) is 0. The first-order valence-electron chi connectivity index (χ1n) is 5.93. The van der Waals surface area contributed by atoms with Crippen molar-refractivity contribution in [3.63, 3.8) is 0 Å². The summed E-state index contributed by atoms with van der Waals surface area (Å²) >= 11 is 12.0. The van der Waals surface area contributed by atoms with E-state index in [0.29, 0.717) is 29.4 Å². The summed E-state index contributed by atoms with van der Waals surface area (Å²) < 4.78 is 0. The Kier molecular flexibility index (Phi) is 4.32. The number of carbonyl (C=O) groups is 2. The Morgan fingerprint density at radius 3 is 2.84 bits per heavy atom. The summed E-state index contributed by atoms with van der Waals surface area (Å²) in [6.07, 6.45) is 0.920. The van der Waals surface area contributed by atoms with Gasteiger partial charge in [-0.2, -0.15) is 0 Å². The van der Waals surface area contributed by atoms with Crippen molar-refractivity contribution in [3.05, 3.63) is 33.8 Å². The van der Waals surface area contributed by atoms with Gasteiger partial charge in [-0.15, -0.1) is 0 Å². The fourth-order valence-corrected chi connectivity index (χ4v) is 2.66. The molecule has 1 aromatic rings. The van der Waals surface area contributed by atoms with E-state index in [1.165, 1.54) is 0 Å². The smallest absolute Gasteiger partial charge is 0.305 e. The molecular formula is C13H13Cl2NO3. The predicted octanol–water partition coefficient (Wildman–Crippen LogP) is 2.96. The molecule has 4 nitrogen and oxygen atoms in total. The van der Waals surface area contributed by atoms with Crippen molar-refractivity contribution >= 4 is 35.1 Å². The van der Waals surface area contributed by atoms with Crippen molar-refractivity contribution in [2.75, 3.05) is 0 Å². The summed E-state index contributed by atoms with van der Waals surface area (Å²) in [5.41, 5.74) is 0.736. The van der Waals surface area contributed by atoms with Gasteiger partial charge in [0.15, 0.2) is 0 Å². The van der Waals surface area contributed by atoms with Crippen LogP contribution in [-0.2, 0) is 16.1 Å². The number of hydrogen-bond acceptors (Lipinski definition) is 2. The SMILES string of the molecule is O=C(O)CC1CCC(=O)N1Cc1cccc(Cl)c1Cl. The van der Waals surface area contributed by atoms with Crippen molar-refractivity contribution in [1.82, 2.24) is 4.90 Å². The van der Waals surface area contributed by atoms with Crippen molar-refractivity contribution in [2.45, 2.75) is 31.8 Å². The van der Waals surface area contributed by atoms with Gasteiger partial charge in [-0.1, -0.05) is 35.3 Å². The lowest BCUT2D eigenvalue weighted by Crippen LogP contribution is -2.34. The summed E-state index contributed by atoms with van der Waals surface area (Å²) in [6.45, 7) is 0.302. The number of nitrogens with zero attached hydrogens (tertiary/aromatic N) is 1. The number of hydrogen-bond donors (Lipinski definition) is 1. The number of carbonyl (C=O) groups excluding carboxylic acids is 1. The molecule has 1 heterocycles. The number of amides is 1. The minimum atomic E-state index is -0.901. The van der Waals surface area contributed by atoms with Gasteiger partial charge in [-0.3, -0.25) is 9.59 Å². The molecule has 1 aliphatic rings. The molecule has 102 valence electrons. The zero-order valence-corrected chi connectivity index (χ0v) is 11.6. The second-order valence-corrected chi connectivity index (χ2v) is 5.31. The van der Waals surface area contributed by atoms with Crippen LogP contribution in [0.3, 0.4) is 0 Å². The Balaban J connectivity index is 2.17. The largest absolute Gasteiger partial charge is 0.481 e. The van der Waals surface area contributed by atoms with Crippen LogP contribution in [0, 0.1) is 0 Å². The summed E-state index contributed by atoms with van der Waals surface area (Å²) in [5, 5.41) is 9.70. The third-order valence-electron chi connectivity index (χ3n) is 3.24. The van der Waals surface area contributed by atoms with Crippen LogP contribution in [0.15, 0.2) is 18.2 Å². The van der Waals surface area contributed by atoms with Crippen molar-refractivity contribution < 1.29 is 14.7 Å². The first-order chi connectivity index (χ1) is 8.99. The molecule has 6 heteroatoms. The highest BCUT2D eigenvalue weighted by molar-refractivity contribution is 6.42. The first-order valence-corrected chi connectivity index (χ1v) is 6.68. The average Bonchev–Trinajstić information content (AvgIpc) is 2.67. The summed E-state index contributed by atoms with van der Waals surface area (Å²) in [4.78, 5) is 24.2. The van der Waals surface area contributed by atoms with Crippen molar-refractivity contribution in [1.29, 1.82) is 0 Å². The van der Waals surface area contributed by atoms with E-state index >= 15 is 0 Å². The zero-order valence-electron chi connectivity index (χ0n) is 10.1. The molecule has 0 radical (unpaired) electrons. The van der Waals surface area contributed by atoms with E-state index in [1.54, 1.807) is 23.1 Å². The van der Waals surface area contributed by atoms with E-state index in [-0.39, 0.29) is 18.4 Å². The van der Waals surface area contributed by atoms with Gasteiger partial charge in [0.2, 0.25) is 5.91 Å². The topological polar surface area (TPSA) is 57.6 Å². The van der Waals surface area contributed by atoms with Crippen LogP contribution < -0.4 is 0 Å². The van der Waals surface area contributed by atoms with E-state index in [4.69, 9.17) is 28.3 Å². The molecule has 1 aliphatic heterocycles. The van der Waals surface area contributed by atoms with E-state index in [9.17, 15) is 9.59 Å². The second-order valence-electron chi connectivity index (χ2n) is 4.52.